The van der Waals surface area contributed by atoms with Crippen molar-refractivity contribution in [2.24, 2.45) is 0 Å². The number of fused-ring (bicyclic) bond motifs is 1. The second-order valence-electron chi connectivity index (χ2n) is 3.84. The molecule has 18 heavy (non-hydrogen) atoms. The molecule has 0 unspecified atom stereocenters. The molecule has 0 saturated carbocycles. The molecular formula is C12H9F2N3S. The molecule has 0 aliphatic heterocycles. The van der Waals surface area contributed by atoms with Gasteiger partial charge in [0.15, 0.2) is 4.96 Å². The number of nitrogens with zero attached hydrogens (tertiary/aromatic N) is 2. The van der Waals surface area contributed by atoms with Crippen LogP contribution in [0.25, 0.3) is 4.96 Å². The molecule has 0 aliphatic rings. The van der Waals surface area contributed by atoms with Gasteiger partial charge in [0.1, 0.15) is 11.6 Å². The molecule has 2 aromatic heterocycles. The zero-order valence-corrected chi connectivity index (χ0v) is 10.0. The lowest BCUT2D eigenvalue weighted by molar-refractivity contribution is 0.584. The number of rotatable bonds is 3. The highest BCUT2D eigenvalue weighted by atomic mass is 32.1. The number of anilines is 1. The van der Waals surface area contributed by atoms with Gasteiger partial charge < -0.3 is 5.32 Å². The maximum atomic E-state index is 13.0. The van der Waals surface area contributed by atoms with E-state index < -0.39 is 11.6 Å². The van der Waals surface area contributed by atoms with Crippen LogP contribution in [-0.4, -0.2) is 9.38 Å². The minimum atomic E-state index is -0.594. The van der Waals surface area contributed by atoms with E-state index in [1.165, 1.54) is 23.5 Å². The summed E-state index contributed by atoms with van der Waals surface area (Å²) >= 11 is 1.54. The summed E-state index contributed by atoms with van der Waals surface area (Å²) in [7, 11) is 0. The number of aromatic nitrogens is 2. The summed E-state index contributed by atoms with van der Waals surface area (Å²) in [5, 5.41) is 4.89. The van der Waals surface area contributed by atoms with Crippen molar-refractivity contribution in [3.63, 3.8) is 0 Å². The van der Waals surface area contributed by atoms with E-state index in [0.29, 0.717) is 12.2 Å². The van der Waals surface area contributed by atoms with Crippen molar-refractivity contribution < 1.29 is 8.78 Å². The molecule has 0 radical (unpaired) electrons. The van der Waals surface area contributed by atoms with Gasteiger partial charge in [0.05, 0.1) is 12.2 Å². The Kier molecular flexibility index (Phi) is 2.71. The second-order valence-corrected chi connectivity index (χ2v) is 4.71. The van der Waals surface area contributed by atoms with Gasteiger partial charge >= 0.3 is 0 Å². The maximum absolute atomic E-state index is 13.0. The number of benzene rings is 1. The Bertz CT molecular complexity index is 641. The standard InChI is InChI=1S/C12H9F2N3S/c13-8-3-9(14)5-10(4-8)15-6-11-7-17-1-2-18-12(17)16-11/h1-5,7,15H,6H2. The van der Waals surface area contributed by atoms with E-state index in [2.05, 4.69) is 10.3 Å². The number of halogens is 2. The van der Waals surface area contributed by atoms with Crippen molar-refractivity contribution >= 4 is 22.0 Å². The van der Waals surface area contributed by atoms with Crippen LogP contribution in [0.5, 0.6) is 0 Å². The van der Waals surface area contributed by atoms with Gasteiger partial charge in [-0.3, -0.25) is 4.40 Å². The van der Waals surface area contributed by atoms with E-state index in [0.717, 1.165) is 16.7 Å². The van der Waals surface area contributed by atoms with E-state index in [9.17, 15) is 8.78 Å². The summed E-state index contributed by atoms with van der Waals surface area (Å²) in [4.78, 5) is 5.26. The van der Waals surface area contributed by atoms with Crippen molar-refractivity contribution in [3.05, 3.63) is 53.3 Å². The van der Waals surface area contributed by atoms with E-state index in [1.807, 2.05) is 22.2 Å². The van der Waals surface area contributed by atoms with Crippen LogP contribution < -0.4 is 5.32 Å². The number of imidazole rings is 1. The van der Waals surface area contributed by atoms with Crippen LogP contribution in [0.2, 0.25) is 0 Å². The summed E-state index contributed by atoms with van der Waals surface area (Å²) in [5.74, 6) is -1.19. The quantitative estimate of drug-likeness (QED) is 0.787. The first-order valence-corrected chi connectivity index (χ1v) is 6.20. The van der Waals surface area contributed by atoms with Crippen molar-refractivity contribution in [2.45, 2.75) is 6.54 Å². The molecular weight excluding hydrogens is 256 g/mol. The Morgan fingerprint density at radius 1 is 1.22 bits per heavy atom. The van der Waals surface area contributed by atoms with E-state index in [-0.39, 0.29) is 0 Å². The molecule has 1 N–H and O–H groups in total. The molecule has 1 aromatic carbocycles. The topological polar surface area (TPSA) is 29.3 Å². The number of nitrogens with one attached hydrogen (secondary N) is 1. The molecule has 3 nitrogen and oxygen atoms in total. The Labute approximate surface area is 106 Å². The molecule has 0 saturated heterocycles. The highest BCUT2D eigenvalue weighted by molar-refractivity contribution is 7.15. The first-order chi connectivity index (χ1) is 8.70. The molecule has 0 atom stereocenters. The summed E-state index contributed by atoms with van der Waals surface area (Å²) < 4.78 is 27.9. The predicted octanol–water partition coefficient (Wildman–Crippen LogP) is 3.29. The summed E-state index contributed by atoms with van der Waals surface area (Å²) in [6, 6.07) is 3.35. The fraction of sp³-hybridized carbons (Fsp3) is 0.0833. The lowest BCUT2D eigenvalue weighted by atomic mass is 10.3. The van der Waals surface area contributed by atoms with E-state index in [4.69, 9.17) is 0 Å². The van der Waals surface area contributed by atoms with E-state index >= 15 is 0 Å². The first kappa shape index (κ1) is 11.2. The molecule has 0 bridgehead atoms. The normalized spacial score (nSPS) is 11.0. The molecule has 6 heteroatoms. The lowest BCUT2D eigenvalue weighted by Crippen LogP contribution is -2.00. The van der Waals surface area contributed by atoms with Crippen LogP contribution in [-0.2, 0) is 6.54 Å². The zero-order valence-electron chi connectivity index (χ0n) is 9.23. The highest BCUT2D eigenvalue weighted by Gasteiger charge is 2.04. The van der Waals surface area contributed by atoms with Crippen LogP contribution in [0.1, 0.15) is 5.69 Å². The van der Waals surface area contributed by atoms with Gasteiger partial charge in [-0.15, -0.1) is 11.3 Å². The van der Waals surface area contributed by atoms with Gasteiger partial charge in [0.2, 0.25) is 0 Å². The summed E-state index contributed by atoms with van der Waals surface area (Å²) in [6.45, 7) is 0.428. The minimum absolute atomic E-state index is 0.406. The van der Waals surface area contributed by atoms with Gasteiger partial charge in [-0.05, 0) is 12.1 Å². The fourth-order valence-electron chi connectivity index (χ4n) is 1.71. The van der Waals surface area contributed by atoms with E-state index in [1.54, 1.807) is 0 Å². The van der Waals surface area contributed by atoms with Crippen molar-refractivity contribution in [1.82, 2.24) is 9.38 Å². The Balaban J connectivity index is 1.75. The number of hydrogen-bond donors (Lipinski definition) is 1. The van der Waals surface area contributed by atoms with Gasteiger partial charge in [0, 0.05) is 29.5 Å². The average molecular weight is 265 g/mol. The van der Waals surface area contributed by atoms with Gasteiger partial charge in [0.25, 0.3) is 0 Å². The Morgan fingerprint density at radius 3 is 2.72 bits per heavy atom. The van der Waals surface area contributed by atoms with Gasteiger partial charge in [-0.1, -0.05) is 0 Å². The minimum Gasteiger partial charge on any atom is -0.379 e. The second kappa shape index (κ2) is 4.38. The first-order valence-electron chi connectivity index (χ1n) is 5.32. The SMILES string of the molecule is Fc1cc(F)cc(NCc2cn3ccsc3n2)c1. The van der Waals surface area contributed by atoms with Gasteiger partial charge in [-0.2, -0.15) is 0 Å². The van der Waals surface area contributed by atoms with Crippen LogP contribution in [0.4, 0.5) is 14.5 Å². The van der Waals surface area contributed by atoms with Crippen LogP contribution in [0.15, 0.2) is 36.0 Å². The number of thiazole rings is 1. The Hall–Kier alpha value is -1.95. The molecule has 3 aromatic rings. The molecule has 2 heterocycles. The van der Waals surface area contributed by atoms with Crippen molar-refractivity contribution in [1.29, 1.82) is 0 Å². The monoisotopic (exact) mass is 265 g/mol. The van der Waals surface area contributed by atoms with Gasteiger partial charge in [-0.25, -0.2) is 13.8 Å². The summed E-state index contributed by atoms with van der Waals surface area (Å²) in [5.41, 5.74) is 1.23. The largest absolute Gasteiger partial charge is 0.379 e. The molecule has 3 rings (SSSR count). The van der Waals surface area contributed by atoms with Crippen LogP contribution in [0.3, 0.4) is 0 Å². The zero-order chi connectivity index (χ0) is 12.5. The third-order valence-electron chi connectivity index (χ3n) is 2.48. The average Bonchev–Trinajstić information content (AvgIpc) is 2.84. The fourth-order valence-corrected chi connectivity index (χ4v) is 2.43. The molecule has 92 valence electrons. The molecule has 0 spiro atoms. The smallest absolute Gasteiger partial charge is 0.193 e. The van der Waals surface area contributed by atoms with Crippen LogP contribution in [0, 0.1) is 11.6 Å². The van der Waals surface area contributed by atoms with Crippen molar-refractivity contribution in [2.75, 3.05) is 5.32 Å². The number of hydrogen-bond acceptors (Lipinski definition) is 3. The Morgan fingerprint density at radius 2 is 2.00 bits per heavy atom. The lowest BCUT2D eigenvalue weighted by Gasteiger charge is -2.04. The van der Waals surface area contributed by atoms with Crippen LogP contribution >= 0.6 is 11.3 Å². The highest BCUT2D eigenvalue weighted by Crippen LogP contribution is 2.15. The molecule has 0 fully saturated rings. The molecule has 0 amide bonds. The van der Waals surface area contributed by atoms with Crippen molar-refractivity contribution in [3.8, 4) is 0 Å². The molecule has 0 aliphatic carbocycles. The third kappa shape index (κ3) is 2.19. The maximum Gasteiger partial charge on any atom is 0.193 e. The summed E-state index contributed by atoms with van der Waals surface area (Å²) in [6.07, 6.45) is 3.80. The third-order valence-corrected chi connectivity index (χ3v) is 3.25. The predicted molar refractivity (Wildman–Crippen MR) is 66.8 cm³/mol.